The van der Waals surface area contributed by atoms with E-state index in [4.69, 9.17) is 217 Å². The van der Waals surface area contributed by atoms with Gasteiger partial charge in [0.15, 0.2) is 22.2 Å². The van der Waals surface area contributed by atoms with Crippen LogP contribution in [0.1, 0.15) is 138 Å². The van der Waals surface area contributed by atoms with Crippen molar-refractivity contribution in [3.8, 4) is 0 Å². The van der Waals surface area contributed by atoms with Crippen molar-refractivity contribution < 1.29 is 298 Å². The summed E-state index contributed by atoms with van der Waals surface area (Å²) in [6.45, 7) is -3.93. The molecule has 0 aliphatic carbocycles. The number of esters is 1. The Hall–Kier alpha value is -11.4. The highest BCUT2D eigenvalue weighted by Gasteiger charge is 2.90. The highest BCUT2D eigenvalue weighted by molar-refractivity contribution is 5.84. The molecule has 60 heteroatoms. The zero-order valence-electron chi connectivity index (χ0n) is 69.9. The van der Waals surface area contributed by atoms with Gasteiger partial charge < -0.3 is 202 Å². The predicted octanol–water partition coefficient (Wildman–Crippen LogP) is -7.55. The summed E-state index contributed by atoms with van der Waals surface area (Å²) in [6, 6.07) is 0. The molecule has 0 aliphatic rings. The number of aliphatic hydroxyl groups excluding tert-OH is 14. The van der Waals surface area contributed by atoms with Crippen molar-refractivity contribution in [1.82, 2.24) is 0 Å². The molecule has 0 fully saturated rings. The molecule has 0 bridgehead atoms. The van der Waals surface area contributed by atoms with E-state index in [1.165, 1.54) is 0 Å². The molecule has 122 heavy (non-hydrogen) atoms. The number of ether oxygens (including phenoxy) is 6. The van der Waals surface area contributed by atoms with E-state index in [9.17, 15) is 81.4 Å². The Bertz CT molecular complexity index is 2150. The van der Waals surface area contributed by atoms with Crippen LogP contribution in [0.5, 0.6) is 0 Å². The maximum atomic E-state index is 14.8. The second-order valence-electron chi connectivity index (χ2n) is 19.7. The van der Waals surface area contributed by atoms with Gasteiger partial charge in [0.25, 0.3) is 113 Å². The van der Waals surface area contributed by atoms with Gasteiger partial charge in [-0.3, -0.25) is 95.9 Å². The van der Waals surface area contributed by atoms with E-state index in [0.29, 0.717) is 0 Å². The number of aliphatic carboxylic acids is 19. The first-order chi connectivity index (χ1) is 54.7. The molecular formula is C62H124O60. The normalized spacial score (nSPS) is 9.24. The SMILES string of the molecule is CC(=O)O.CC(=O)O.CC(=O)O.CC(=O)O.CC(=O)O.CC(=O)O.CC(=O)O.CC(=O)O.CC(=O)O.CC(=O)O.CC(=O)O.CC(=O)O.CC(=O)O.CC(=O)O.CC(=O)O.CC(=O)O.CC(=O)O.CC(=O)O.CC(=O)O.CCOC(=O)C(C(CO)(CO)OCO)(C(CO)(CO)OCO)C(OC(O)(CO)CO)(C(CO)(CO)OCO)C(CO)(CO)OCO. The predicted molar refractivity (Wildman–Crippen MR) is 395 cm³/mol. The Morgan fingerprint density at radius 2 is 0.311 bits per heavy atom. The number of carbonyl (C=O) groups is 20. The summed E-state index contributed by atoms with van der Waals surface area (Å²) in [4.78, 5) is 186. The fourth-order valence-electron chi connectivity index (χ4n) is 5.97. The lowest BCUT2D eigenvalue weighted by Gasteiger charge is -2.70. The summed E-state index contributed by atoms with van der Waals surface area (Å²) in [6.07, 6.45) is 0. The summed E-state index contributed by atoms with van der Waals surface area (Å²) in [5.74, 6) is -21.5. The molecule has 0 radical (unpaired) electrons. The molecule has 0 spiro atoms. The number of hydrogen-bond acceptors (Lipinski definition) is 41. The quantitative estimate of drug-likeness (QED) is 0.0268. The van der Waals surface area contributed by atoms with E-state index in [2.05, 4.69) is 0 Å². The molecule has 0 aliphatic heterocycles. The molecule has 0 aromatic heterocycles. The molecular weight excluding hydrogens is 1700 g/mol. The van der Waals surface area contributed by atoms with Crippen LogP contribution in [0.3, 0.4) is 0 Å². The average Bonchev–Trinajstić information content (AvgIpc) is 0.649. The monoisotopic (exact) mass is 1830 g/mol. The number of hydrogen-bond donors (Lipinski definition) is 34. The summed E-state index contributed by atoms with van der Waals surface area (Å²) >= 11 is 0. The summed E-state index contributed by atoms with van der Waals surface area (Å²) in [7, 11) is 0. The average molecular weight is 1830 g/mol. The van der Waals surface area contributed by atoms with Gasteiger partial charge in [0.05, 0.1) is 72.7 Å². The maximum absolute atomic E-state index is 14.8. The Labute approximate surface area is 693 Å². The first-order valence-electron chi connectivity index (χ1n) is 31.1. The highest BCUT2D eigenvalue weighted by Crippen LogP contribution is 2.64. The Morgan fingerprint density at radius 1 is 0.205 bits per heavy atom. The Balaban J connectivity index is -0.0000000609. The van der Waals surface area contributed by atoms with Crippen molar-refractivity contribution in [2.75, 3.05) is 99.8 Å². The minimum atomic E-state index is -4.20. The molecule has 0 saturated heterocycles. The number of carboxylic acids is 19. The van der Waals surface area contributed by atoms with Crippen molar-refractivity contribution in [3.63, 3.8) is 0 Å². The minimum Gasteiger partial charge on any atom is -0.481 e. The third kappa shape index (κ3) is 140. The molecule has 0 amide bonds. The molecule has 0 aromatic rings. The number of carbonyl (C=O) groups excluding carboxylic acids is 1. The Kier molecular flexibility index (Phi) is 138. The van der Waals surface area contributed by atoms with Gasteiger partial charge in [0.2, 0.25) is 5.79 Å². The van der Waals surface area contributed by atoms with Crippen LogP contribution in [0.25, 0.3) is 0 Å². The molecule has 60 nitrogen and oxygen atoms in total. The summed E-state index contributed by atoms with van der Waals surface area (Å²) in [5.41, 5.74) is -22.5. The number of aliphatic hydroxyl groups is 15. The lowest BCUT2D eigenvalue weighted by Crippen LogP contribution is -2.93. The lowest BCUT2D eigenvalue weighted by molar-refractivity contribution is -0.463. The van der Waals surface area contributed by atoms with Gasteiger partial charge in [-0.2, -0.15) is 0 Å². The second-order valence-corrected chi connectivity index (χ2v) is 19.7. The van der Waals surface area contributed by atoms with Gasteiger partial charge >= 0.3 is 5.97 Å². The van der Waals surface area contributed by atoms with Crippen molar-refractivity contribution in [2.45, 2.75) is 172 Å². The van der Waals surface area contributed by atoms with Crippen LogP contribution in [-0.2, 0) is 124 Å². The Morgan fingerprint density at radius 3 is 0.393 bits per heavy atom. The maximum Gasteiger partial charge on any atom is 0.321 e. The van der Waals surface area contributed by atoms with Gasteiger partial charge in [-0.25, -0.2) is 0 Å². The van der Waals surface area contributed by atoms with E-state index < -0.39 is 258 Å². The van der Waals surface area contributed by atoms with Crippen LogP contribution in [0.4, 0.5) is 0 Å². The van der Waals surface area contributed by atoms with Gasteiger partial charge in [0, 0.05) is 132 Å². The van der Waals surface area contributed by atoms with Gasteiger partial charge in [0.1, 0.15) is 38.4 Å². The van der Waals surface area contributed by atoms with E-state index >= 15 is 0 Å². The molecule has 0 saturated carbocycles. The fraction of sp³-hybridized carbons (Fsp3) is 0.677. The molecule has 0 unspecified atom stereocenters. The zero-order valence-corrected chi connectivity index (χ0v) is 69.9. The third-order valence-electron chi connectivity index (χ3n) is 8.00. The third-order valence-corrected chi connectivity index (χ3v) is 8.00. The van der Waals surface area contributed by atoms with E-state index in [-0.39, 0.29) is 0 Å². The highest BCUT2D eigenvalue weighted by atomic mass is 16.7. The van der Waals surface area contributed by atoms with E-state index in [0.717, 1.165) is 138 Å². The van der Waals surface area contributed by atoms with Crippen LogP contribution >= 0.6 is 0 Å². The molecule has 732 valence electrons. The van der Waals surface area contributed by atoms with Crippen LogP contribution in [0, 0.1) is 5.41 Å². The minimum absolute atomic E-state index is 0.753. The zero-order chi connectivity index (χ0) is 104. The van der Waals surface area contributed by atoms with Gasteiger partial charge in [-0.1, -0.05) is 0 Å². The van der Waals surface area contributed by atoms with Crippen molar-refractivity contribution in [3.05, 3.63) is 0 Å². The van der Waals surface area contributed by atoms with Crippen LogP contribution in [-0.4, -0.2) is 427 Å². The largest absolute Gasteiger partial charge is 0.481 e. The van der Waals surface area contributed by atoms with Crippen LogP contribution < -0.4 is 0 Å². The van der Waals surface area contributed by atoms with Crippen LogP contribution in [0.15, 0.2) is 0 Å². The molecule has 0 heterocycles. The first-order valence-corrected chi connectivity index (χ1v) is 31.1. The molecule has 0 rings (SSSR count). The van der Waals surface area contributed by atoms with Crippen LogP contribution in [0.2, 0.25) is 0 Å². The summed E-state index contributed by atoms with van der Waals surface area (Å²) < 4.78 is 31.9. The first kappa shape index (κ1) is 162. The standard InChI is InChI=1S/C24H48O22.19C2H4O2/c1-2-41-17(39)23(18(3-25,4-26)42-13-35,19(5-27,6-28)43-14-36)24(46-22(40,11-33)12-34,20(7-29,8-30)44-15-37)21(9-31,10-32)45-16-38;19*1-2(3)4/h25-38,40H,2-16H2,1H3;19*1H3,(H,3,4). The smallest absolute Gasteiger partial charge is 0.321 e. The van der Waals surface area contributed by atoms with Crippen molar-refractivity contribution >= 4 is 119 Å². The van der Waals surface area contributed by atoms with Crippen molar-refractivity contribution in [1.29, 1.82) is 0 Å². The second kappa shape index (κ2) is 104. The fourth-order valence-corrected chi connectivity index (χ4v) is 5.97. The van der Waals surface area contributed by atoms with Gasteiger partial charge in [-0.15, -0.1) is 0 Å². The molecule has 34 N–H and O–H groups in total. The summed E-state index contributed by atoms with van der Waals surface area (Å²) in [5, 5.41) is 300. The number of rotatable bonds is 27. The molecule has 0 atom stereocenters. The lowest BCUT2D eigenvalue weighted by atomic mass is 9.44. The molecule has 0 aromatic carbocycles. The van der Waals surface area contributed by atoms with Crippen molar-refractivity contribution in [2.24, 2.45) is 5.41 Å². The van der Waals surface area contributed by atoms with Gasteiger partial charge in [-0.05, 0) is 6.92 Å². The number of carboxylic acid groups (broad SMARTS) is 19. The van der Waals surface area contributed by atoms with E-state index in [1.807, 2.05) is 0 Å². The van der Waals surface area contributed by atoms with E-state index in [1.54, 1.807) is 0 Å². The topological polar surface area (TPSA) is 1080 Å².